The smallest absolute Gasteiger partial charge is 0.282 e. The molecule has 0 unspecified atom stereocenters. The lowest BCUT2D eigenvalue weighted by Gasteiger charge is -2.05. The Labute approximate surface area is 127 Å². The Bertz CT molecular complexity index is 903. The minimum atomic E-state index is -4.27. The second kappa shape index (κ2) is 5.32. The fourth-order valence-corrected chi connectivity index (χ4v) is 2.43. The van der Waals surface area contributed by atoms with E-state index in [-0.39, 0.29) is 4.90 Å². The number of nitrogens with zero attached hydrogens (tertiary/aromatic N) is 4. The van der Waals surface area contributed by atoms with E-state index in [9.17, 15) is 8.42 Å². The van der Waals surface area contributed by atoms with Crippen LogP contribution in [0.25, 0.3) is 17.2 Å². The van der Waals surface area contributed by atoms with Crippen molar-refractivity contribution in [3.63, 3.8) is 0 Å². The molecule has 8 heteroatoms. The molecule has 0 radical (unpaired) electrons. The maximum Gasteiger partial charge on any atom is 0.296 e. The summed E-state index contributed by atoms with van der Waals surface area (Å²) in [5.74, 6) is 1.58. The van der Waals surface area contributed by atoms with Gasteiger partial charge < -0.3 is 0 Å². The first-order valence-corrected chi connectivity index (χ1v) is 7.82. The van der Waals surface area contributed by atoms with Crippen LogP contribution in [-0.4, -0.2) is 32.7 Å². The van der Waals surface area contributed by atoms with Crippen molar-refractivity contribution in [1.82, 2.24) is 19.7 Å². The van der Waals surface area contributed by atoms with Crippen molar-refractivity contribution in [2.24, 2.45) is 0 Å². The van der Waals surface area contributed by atoms with Gasteiger partial charge in [-0.1, -0.05) is 30.3 Å². The summed E-state index contributed by atoms with van der Waals surface area (Å²) in [7, 11) is -4.27. The number of hydrogen-bond donors (Lipinski definition) is 1. The van der Waals surface area contributed by atoms with E-state index in [2.05, 4.69) is 15.1 Å². The van der Waals surface area contributed by atoms with Gasteiger partial charge in [0.2, 0.25) is 0 Å². The molecule has 2 aromatic heterocycles. The van der Waals surface area contributed by atoms with Crippen LogP contribution in [0.2, 0.25) is 0 Å². The van der Waals surface area contributed by atoms with Gasteiger partial charge in [0.05, 0.1) is 6.20 Å². The minimum absolute atomic E-state index is 0.269. The van der Waals surface area contributed by atoms with Crippen LogP contribution in [0.4, 0.5) is 0 Å². The van der Waals surface area contributed by atoms with E-state index >= 15 is 0 Å². The van der Waals surface area contributed by atoms with Crippen molar-refractivity contribution >= 4 is 10.1 Å². The minimum Gasteiger partial charge on any atom is -0.282 e. The topological polar surface area (TPSA) is 98.0 Å². The zero-order valence-corrected chi connectivity index (χ0v) is 12.4. The van der Waals surface area contributed by atoms with Crippen molar-refractivity contribution in [3.8, 4) is 17.2 Å². The number of benzene rings is 1. The molecule has 112 valence electrons. The number of rotatable bonds is 3. The maximum atomic E-state index is 11.1. The van der Waals surface area contributed by atoms with Gasteiger partial charge >= 0.3 is 0 Å². The van der Waals surface area contributed by atoms with Gasteiger partial charge in [-0.2, -0.15) is 13.1 Å². The van der Waals surface area contributed by atoms with E-state index in [0.717, 1.165) is 11.8 Å². The lowest BCUT2D eigenvalue weighted by atomic mass is 10.2. The Hall–Kier alpha value is -2.58. The Kier molecular flexibility index (Phi) is 3.47. The van der Waals surface area contributed by atoms with Crippen molar-refractivity contribution in [1.29, 1.82) is 0 Å². The van der Waals surface area contributed by atoms with Gasteiger partial charge in [0, 0.05) is 5.56 Å². The highest BCUT2D eigenvalue weighted by atomic mass is 32.2. The summed E-state index contributed by atoms with van der Waals surface area (Å²) in [5.41, 5.74) is 0.865. The third kappa shape index (κ3) is 2.74. The lowest BCUT2D eigenvalue weighted by molar-refractivity contribution is 0.482. The number of pyridine rings is 1. The monoisotopic (exact) mass is 316 g/mol. The molecule has 1 aromatic carbocycles. The van der Waals surface area contributed by atoms with Crippen molar-refractivity contribution in [2.45, 2.75) is 11.8 Å². The quantitative estimate of drug-likeness (QED) is 0.741. The third-order valence-electron chi connectivity index (χ3n) is 2.98. The van der Waals surface area contributed by atoms with Crippen LogP contribution < -0.4 is 0 Å². The molecule has 2 heterocycles. The van der Waals surface area contributed by atoms with Crippen LogP contribution in [0.15, 0.2) is 53.6 Å². The molecular weight excluding hydrogens is 304 g/mol. The summed E-state index contributed by atoms with van der Waals surface area (Å²) in [6.07, 6.45) is 1.08. The summed E-state index contributed by atoms with van der Waals surface area (Å²) in [6.45, 7) is 1.76. The van der Waals surface area contributed by atoms with Crippen LogP contribution in [0, 0.1) is 6.92 Å². The van der Waals surface area contributed by atoms with E-state index in [1.165, 1.54) is 16.8 Å². The standard InChI is InChI=1S/C14H12N4O3S/c1-10-16-14(11-5-3-2-4-6-11)18(17-10)13-8-7-12(9-15-13)22(19,20)21/h2-9H,1H3,(H,19,20,21). The Balaban J connectivity index is 2.10. The molecule has 0 fully saturated rings. The summed E-state index contributed by atoms with van der Waals surface area (Å²) >= 11 is 0. The predicted octanol–water partition coefficient (Wildman–Crippen LogP) is 1.88. The number of aryl methyl sites for hydroxylation is 1. The fraction of sp³-hybridized carbons (Fsp3) is 0.0714. The Morgan fingerprint density at radius 2 is 1.82 bits per heavy atom. The second-order valence-electron chi connectivity index (χ2n) is 4.59. The first-order chi connectivity index (χ1) is 10.4. The zero-order chi connectivity index (χ0) is 15.7. The van der Waals surface area contributed by atoms with Gasteiger partial charge in [0.1, 0.15) is 10.7 Å². The first kappa shape index (κ1) is 14.4. The molecule has 0 saturated carbocycles. The highest BCUT2D eigenvalue weighted by Gasteiger charge is 2.14. The lowest BCUT2D eigenvalue weighted by Crippen LogP contribution is -2.04. The van der Waals surface area contributed by atoms with Gasteiger partial charge in [-0.3, -0.25) is 4.55 Å². The molecule has 0 spiro atoms. The van der Waals surface area contributed by atoms with Crippen LogP contribution in [0.1, 0.15) is 5.82 Å². The van der Waals surface area contributed by atoms with E-state index < -0.39 is 10.1 Å². The first-order valence-electron chi connectivity index (χ1n) is 6.38. The SMILES string of the molecule is Cc1nc(-c2ccccc2)n(-c2ccc(S(=O)(=O)O)cn2)n1. The molecule has 0 aliphatic rings. The largest absolute Gasteiger partial charge is 0.296 e. The third-order valence-corrected chi connectivity index (χ3v) is 3.82. The fourth-order valence-electron chi connectivity index (χ4n) is 2.00. The maximum absolute atomic E-state index is 11.1. The molecule has 3 aromatic rings. The molecule has 0 aliphatic heterocycles. The number of hydrogen-bond acceptors (Lipinski definition) is 5. The van der Waals surface area contributed by atoms with Gasteiger partial charge in [-0.25, -0.2) is 9.97 Å². The Morgan fingerprint density at radius 1 is 1.09 bits per heavy atom. The molecule has 0 bridgehead atoms. The van der Waals surface area contributed by atoms with Crippen LogP contribution >= 0.6 is 0 Å². The highest BCUT2D eigenvalue weighted by Crippen LogP contribution is 2.20. The van der Waals surface area contributed by atoms with Crippen molar-refractivity contribution in [2.75, 3.05) is 0 Å². The van der Waals surface area contributed by atoms with Crippen molar-refractivity contribution in [3.05, 3.63) is 54.5 Å². The van der Waals surface area contributed by atoms with E-state index in [0.29, 0.717) is 17.5 Å². The second-order valence-corrected chi connectivity index (χ2v) is 6.01. The van der Waals surface area contributed by atoms with Crippen LogP contribution in [0.5, 0.6) is 0 Å². The zero-order valence-electron chi connectivity index (χ0n) is 11.6. The molecule has 0 atom stereocenters. The average molecular weight is 316 g/mol. The molecule has 22 heavy (non-hydrogen) atoms. The van der Waals surface area contributed by atoms with E-state index in [1.54, 1.807) is 6.92 Å². The highest BCUT2D eigenvalue weighted by molar-refractivity contribution is 7.85. The molecule has 0 aliphatic carbocycles. The molecule has 0 amide bonds. The molecule has 1 N–H and O–H groups in total. The van der Waals surface area contributed by atoms with E-state index in [1.807, 2.05) is 30.3 Å². The summed E-state index contributed by atoms with van der Waals surface area (Å²) in [4.78, 5) is 8.14. The molecule has 7 nitrogen and oxygen atoms in total. The molecule has 3 rings (SSSR count). The van der Waals surface area contributed by atoms with Crippen LogP contribution in [-0.2, 0) is 10.1 Å². The van der Waals surface area contributed by atoms with Gasteiger partial charge in [-0.05, 0) is 19.1 Å². The average Bonchev–Trinajstić information content (AvgIpc) is 2.89. The molecule has 0 saturated heterocycles. The Morgan fingerprint density at radius 3 is 2.41 bits per heavy atom. The van der Waals surface area contributed by atoms with Crippen LogP contribution in [0.3, 0.4) is 0 Å². The normalized spacial score (nSPS) is 11.5. The summed E-state index contributed by atoms with van der Waals surface area (Å²) in [5, 5.41) is 4.28. The van der Waals surface area contributed by atoms with Gasteiger partial charge in [0.25, 0.3) is 10.1 Å². The van der Waals surface area contributed by atoms with E-state index in [4.69, 9.17) is 4.55 Å². The van der Waals surface area contributed by atoms with Gasteiger partial charge in [-0.15, -0.1) is 5.10 Å². The summed E-state index contributed by atoms with van der Waals surface area (Å²) < 4.78 is 32.6. The number of aromatic nitrogens is 4. The van der Waals surface area contributed by atoms with Crippen molar-refractivity contribution < 1.29 is 13.0 Å². The predicted molar refractivity (Wildman–Crippen MR) is 79.1 cm³/mol. The van der Waals surface area contributed by atoms with Gasteiger partial charge in [0.15, 0.2) is 11.6 Å². The summed E-state index contributed by atoms with van der Waals surface area (Å²) in [6, 6.07) is 12.2. The molecular formula is C14H12N4O3S.